The number of ketones is 1. The average Bonchev–Trinajstić information content (AvgIpc) is 2.39. The zero-order chi connectivity index (χ0) is 13.0. The molecule has 0 radical (unpaired) electrons. The van der Waals surface area contributed by atoms with Crippen molar-refractivity contribution in [3.05, 3.63) is 35.9 Å². The summed E-state index contributed by atoms with van der Waals surface area (Å²) in [6, 6.07) is 12.7. The molecule has 2 atom stereocenters. The number of benzene rings is 1. The van der Waals surface area contributed by atoms with E-state index in [0.29, 0.717) is 6.42 Å². The minimum atomic E-state index is -0.481. The quantitative estimate of drug-likeness (QED) is 0.806. The van der Waals surface area contributed by atoms with Gasteiger partial charge in [-0.25, -0.2) is 0 Å². The Morgan fingerprint density at radius 1 is 1.39 bits per heavy atom. The monoisotopic (exact) mass is 241 g/mol. The highest BCUT2D eigenvalue weighted by Gasteiger charge is 2.42. The molecule has 0 heterocycles. The van der Waals surface area contributed by atoms with Gasteiger partial charge in [-0.15, -0.1) is 0 Å². The first-order chi connectivity index (χ1) is 8.68. The van der Waals surface area contributed by atoms with Crippen LogP contribution in [0.1, 0.15) is 50.5 Å². The lowest BCUT2D eigenvalue weighted by Crippen LogP contribution is -2.32. The smallest absolute Gasteiger partial charge is 0.131 e. The van der Waals surface area contributed by atoms with Gasteiger partial charge in [0, 0.05) is 12.3 Å². The van der Waals surface area contributed by atoms with E-state index in [2.05, 4.69) is 18.2 Å². The highest BCUT2D eigenvalue weighted by Crippen LogP contribution is 2.49. The number of hydrogen-bond donors (Lipinski definition) is 0. The van der Waals surface area contributed by atoms with Crippen molar-refractivity contribution in [3.8, 4) is 6.07 Å². The molecule has 0 aromatic heterocycles. The van der Waals surface area contributed by atoms with Gasteiger partial charge in [-0.05, 0) is 25.3 Å². The molecule has 1 aromatic rings. The fourth-order valence-electron chi connectivity index (χ4n) is 3.24. The van der Waals surface area contributed by atoms with Crippen molar-refractivity contribution in [3.63, 3.8) is 0 Å². The minimum Gasteiger partial charge on any atom is -0.300 e. The first kappa shape index (κ1) is 12.8. The fraction of sp³-hybridized carbons (Fsp3) is 0.500. The van der Waals surface area contributed by atoms with E-state index in [4.69, 9.17) is 0 Å². The van der Waals surface area contributed by atoms with Crippen LogP contribution >= 0.6 is 0 Å². The summed E-state index contributed by atoms with van der Waals surface area (Å²) in [6.45, 7) is 1.59. The third-order valence-corrected chi connectivity index (χ3v) is 4.02. The highest BCUT2D eigenvalue weighted by molar-refractivity contribution is 5.77. The molecular weight excluding hydrogens is 222 g/mol. The number of carbonyl (C=O) groups excluding carboxylic acids is 1. The van der Waals surface area contributed by atoms with Gasteiger partial charge < -0.3 is 0 Å². The zero-order valence-electron chi connectivity index (χ0n) is 10.9. The molecule has 2 heteroatoms. The Kier molecular flexibility index (Phi) is 3.81. The van der Waals surface area contributed by atoms with Crippen LogP contribution in [-0.4, -0.2) is 5.78 Å². The molecule has 0 saturated heterocycles. The van der Waals surface area contributed by atoms with E-state index in [1.54, 1.807) is 6.92 Å². The highest BCUT2D eigenvalue weighted by atomic mass is 16.1. The molecule has 18 heavy (non-hydrogen) atoms. The zero-order valence-corrected chi connectivity index (χ0v) is 10.9. The molecule has 1 aliphatic carbocycles. The van der Waals surface area contributed by atoms with Gasteiger partial charge in [0.05, 0.1) is 11.5 Å². The van der Waals surface area contributed by atoms with Gasteiger partial charge in [-0.3, -0.25) is 4.79 Å². The number of nitrogens with zero attached hydrogens (tertiary/aromatic N) is 1. The van der Waals surface area contributed by atoms with E-state index < -0.39 is 5.41 Å². The molecule has 1 aliphatic rings. The van der Waals surface area contributed by atoms with Crippen LogP contribution in [0.3, 0.4) is 0 Å². The van der Waals surface area contributed by atoms with Crippen LogP contribution in [0.2, 0.25) is 0 Å². The second-order valence-electron chi connectivity index (χ2n) is 5.36. The molecule has 1 aromatic carbocycles. The van der Waals surface area contributed by atoms with E-state index in [-0.39, 0.29) is 11.7 Å². The Hall–Kier alpha value is -1.62. The molecule has 0 aliphatic heterocycles. The minimum absolute atomic E-state index is 0.124. The molecule has 2 nitrogen and oxygen atoms in total. The van der Waals surface area contributed by atoms with Crippen molar-refractivity contribution in [2.45, 2.75) is 44.9 Å². The van der Waals surface area contributed by atoms with E-state index in [1.807, 2.05) is 18.2 Å². The number of Topliss-reactive ketones (excluding diaryl/α,β-unsaturated/α-hetero) is 1. The number of nitriles is 1. The summed E-state index contributed by atoms with van der Waals surface area (Å²) in [6.07, 6.45) is 4.47. The topological polar surface area (TPSA) is 40.9 Å². The molecule has 0 N–H and O–H groups in total. The Morgan fingerprint density at radius 2 is 2.11 bits per heavy atom. The first-order valence-electron chi connectivity index (χ1n) is 6.63. The normalized spacial score (nSPS) is 27.4. The van der Waals surface area contributed by atoms with Crippen molar-refractivity contribution >= 4 is 5.78 Å². The van der Waals surface area contributed by atoms with Crippen LogP contribution < -0.4 is 0 Å². The standard InChI is InChI=1S/C16H19NO/c1-13(18)11-16(12-17)10-6-5-9-15(16)14-7-3-2-4-8-14/h2-4,7-8,15H,5-6,9-11H2,1H3. The molecule has 1 fully saturated rings. The van der Waals surface area contributed by atoms with Gasteiger partial charge in [0.15, 0.2) is 0 Å². The van der Waals surface area contributed by atoms with Crippen molar-refractivity contribution in [2.24, 2.45) is 5.41 Å². The predicted octanol–water partition coefficient (Wildman–Crippen LogP) is 3.83. The van der Waals surface area contributed by atoms with Crippen LogP contribution in [0.5, 0.6) is 0 Å². The van der Waals surface area contributed by atoms with Crippen LogP contribution in [0.15, 0.2) is 30.3 Å². The third-order valence-electron chi connectivity index (χ3n) is 4.02. The predicted molar refractivity (Wildman–Crippen MR) is 71.0 cm³/mol. The van der Waals surface area contributed by atoms with Crippen LogP contribution in [0.4, 0.5) is 0 Å². The van der Waals surface area contributed by atoms with Crippen molar-refractivity contribution in [1.29, 1.82) is 5.26 Å². The Morgan fingerprint density at radius 3 is 2.72 bits per heavy atom. The first-order valence-corrected chi connectivity index (χ1v) is 6.63. The lowest BCUT2D eigenvalue weighted by Gasteiger charge is -2.38. The third kappa shape index (κ3) is 2.46. The van der Waals surface area contributed by atoms with Gasteiger partial charge in [0.25, 0.3) is 0 Å². The summed E-state index contributed by atoms with van der Waals surface area (Å²) >= 11 is 0. The van der Waals surface area contributed by atoms with Crippen LogP contribution in [0.25, 0.3) is 0 Å². The average molecular weight is 241 g/mol. The molecule has 0 spiro atoms. The van der Waals surface area contributed by atoms with E-state index in [9.17, 15) is 10.1 Å². The Labute approximate surface area is 109 Å². The van der Waals surface area contributed by atoms with Gasteiger partial charge in [-0.2, -0.15) is 5.26 Å². The summed E-state index contributed by atoms with van der Waals surface area (Å²) < 4.78 is 0. The summed E-state index contributed by atoms with van der Waals surface area (Å²) in [4.78, 5) is 11.5. The Balaban J connectivity index is 2.36. The summed E-state index contributed by atoms with van der Waals surface area (Å²) in [5.74, 6) is 0.334. The van der Waals surface area contributed by atoms with Crippen LogP contribution in [0, 0.1) is 16.7 Å². The van der Waals surface area contributed by atoms with Gasteiger partial charge in [0.1, 0.15) is 5.78 Å². The van der Waals surface area contributed by atoms with Crippen molar-refractivity contribution < 1.29 is 4.79 Å². The molecule has 2 unspecified atom stereocenters. The molecular formula is C16H19NO. The number of carbonyl (C=O) groups is 1. The molecule has 1 saturated carbocycles. The van der Waals surface area contributed by atoms with Gasteiger partial charge >= 0.3 is 0 Å². The lowest BCUT2D eigenvalue weighted by atomic mass is 9.62. The molecule has 2 rings (SSSR count). The molecule has 0 amide bonds. The largest absolute Gasteiger partial charge is 0.300 e. The summed E-state index contributed by atoms with van der Waals surface area (Å²) in [7, 11) is 0. The van der Waals surface area contributed by atoms with Gasteiger partial charge in [0.2, 0.25) is 0 Å². The van der Waals surface area contributed by atoms with Crippen molar-refractivity contribution in [2.75, 3.05) is 0 Å². The number of rotatable bonds is 3. The van der Waals surface area contributed by atoms with Crippen LogP contribution in [-0.2, 0) is 4.79 Å². The Bertz CT molecular complexity index is 460. The van der Waals surface area contributed by atoms with Gasteiger partial charge in [-0.1, -0.05) is 43.2 Å². The second-order valence-corrected chi connectivity index (χ2v) is 5.36. The van der Waals surface area contributed by atoms with E-state index in [0.717, 1.165) is 25.7 Å². The fourth-order valence-corrected chi connectivity index (χ4v) is 3.24. The molecule has 94 valence electrons. The lowest BCUT2D eigenvalue weighted by molar-refractivity contribution is -0.119. The SMILES string of the molecule is CC(=O)CC1(C#N)CCCCC1c1ccccc1. The summed E-state index contributed by atoms with van der Waals surface area (Å²) in [5, 5.41) is 9.62. The maximum atomic E-state index is 11.5. The van der Waals surface area contributed by atoms with E-state index >= 15 is 0 Å². The number of hydrogen-bond acceptors (Lipinski definition) is 2. The van der Waals surface area contributed by atoms with Crippen molar-refractivity contribution in [1.82, 2.24) is 0 Å². The molecule has 0 bridgehead atoms. The maximum Gasteiger partial charge on any atom is 0.131 e. The summed E-state index contributed by atoms with van der Waals surface area (Å²) in [5.41, 5.74) is 0.728. The maximum absolute atomic E-state index is 11.5. The second kappa shape index (κ2) is 5.35. The van der Waals surface area contributed by atoms with E-state index in [1.165, 1.54) is 5.56 Å².